The predicted octanol–water partition coefficient (Wildman–Crippen LogP) is 2.70. The second-order valence-corrected chi connectivity index (χ2v) is 8.63. The molecule has 4 N–H and O–H groups in total. The second-order valence-electron chi connectivity index (χ2n) is 8.63. The molecule has 11 nitrogen and oxygen atoms in total. The van der Waals surface area contributed by atoms with Crippen LogP contribution in [0.1, 0.15) is 31.0 Å². The van der Waals surface area contributed by atoms with Crippen LogP contribution in [0.3, 0.4) is 0 Å². The minimum Gasteiger partial charge on any atom is -0.490 e. The van der Waals surface area contributed by atoms with Gasteiger partial charge < -0.3 is 34.5 Å². The highest BCUT2D eigenvalue weighted by Gasteiger charge is 2.32. The number of esters is 1. The summed E-state index contributed by atoms with van der Waals surface area (Å²) in [6.07, 6.45) is 2.52. The Morgan fingerprint density at radius 3 is 2.79 bits per heavy atom. The lowest BCUT2D eigenvalue weighted by molar-refractivity contribution is -0.136. The van der Waals surface area contributed by atoms with Gasteiger partial charge in [-0.1, -0.05) is 24.3 Å². The van der Waals surface area contributed by atoms with Crippen LogP contribution in [0.25, 0.3) is 10.9 Å². The van der Waals surface area contributed by atoms with Gasteiger partial charge in [-0.25, -0.2) is 9.59 Å². The largest absolute Gasteiger partial charge is 0.490 e. The molecule has 0 saturated heterocycles. The van der Waals surface area contributed by atoms with Crippen LogP contribution in [0.15, 0.2) is 65.0 Å². The van der Waals surface area contributed by atoms with Crippen LogP contribution >= 0.6 is 0 Å². The van der Waals surface area contributed by atoms with Gasteiger partial charge in [-0.15, -0.1) is 0 Å². The lowest BCUT2D eigenvalue weighted by Crippen LogP contribution is -2.45. The minimum absolute atomic E-state index is 0.108. The summed E-state index contributed by atoms with van der Waals surface area (Å²) in [5.41, 5.74) is 5.95. The average Bonchev–Trinajstić information content (AvgIpc) is 3.22. The van der Waals surface area contributed by atoms with Crippen molar-refractivity contribution in [1.29, 1.82) is 0 Å². The first-order chi connectivity index (χ1) is 18.3. The first-order valence-corrected chi connectivity index (χ1v) is 12.1. The monoisotopic (exact) mass is 521 g/mol. The average molecular weight is 522 g/mol. The zero-order valence-corrected chi connectivity index (χ0v) is 21.6. The Morgan fingerprint density at radius 2 is 2.03 bits per heavy atom. The third-order valence-electron chi connectivity index (χ3n) is 6.03. The quantitative estimate of drug-likeness (QED) is 0.139. The molecule has 0 spiro atoms. The number of hydrazone groups is 1. The number of amides is 2. The van der Waals surface area contributed by atoms with Crippen LogP contribution in [0.4, 0.5) is 4.79 Å². The zero-order chi connectivity index (χ0) is 27.2. The number of nitrogens with zero attached hydrogens (tertiary/aromatic N) is 2. The summed E-state index contributed by atoms with van der Waals surface area (Å²) in [4.78, 5) is 24.5. The lowest BCUT2D eigenvalue weighted by atomic mass is 9.95. The number of methoxy groups -OCH3 is 1. The Balaban J connectivity index is 1.45. The number of fused-ring (bicyclic) bond motifs is 1. The van der Waals surface area contributed by atoms with E-state index >= 15 is 0 Å². The van der Waals surface area contributed by atoms with Crippen LogP contribution in [-0.2, 0) is 16.6 Å². The molecule has 0 aliphatic carbocycles. The van der Waals surface area contributed by atoms with Crippen molar-refractivity contribution in [3.05, 3.63) is 71.1 Å². The van der Waals surface area contributed by atoms with E-state index < -0.39 is 24.3 Å². The number of carbonyl (C=O) groups is 2. The van der Waals surface area contributed by atoms with Crippen molar-refractivity contribution < 1.29 is 28.9 Å². The summed E-state index contributed by atoms with van der Waals surface area (Å²) in [5.74, 6) is 0.220. The minimum atomic E-state index is -1.09. The lowest BCUT2D eigenvalue weighted by Gasteiger charge is -2.28. The predicted molar refractivity (Wildman–Crippen MR) is 142 cm³/mol. The van der Waals surface area contributed by atoms with Gasteiger partial charge >= 0.3 is 12.0 Å². The number of aromatic nitrogens is 1. The first kappa shape index (κ1) is 26.6. The SMILES string of the molecule is CCOc1cc([C@H]2NC(=O)NC(C)=C2C(=O)OC)ccc1OC[C@H](O)N/N=C/c1cn(C)c2ccccc12. The van der Waals surface area contributed by atoms with E-state index in [4.69, 9.17) is 14.2 Å². The molecule has 2 aromatic carbocycles. The van der Waals surface area contributed by atoms with Gasteiger partial charge in [0.15, 0.2) is 17.7 Å². The summed E-state index contributed by atoms with van der Waals surface area (Å²) in [7, 11) is 3.24. The smallest absolute Gasteiger partial charge is 0.337 e. The van der Waals surface area contributed by atoms with E-state index in [1.165, 1.54) is 7.11 Å². The number of aliphatic hydroxyl groups is 1. The Hall–Kier alpha value is -4.51. The summed E-state index contributed by atoms with van der Waals surface area (Å²) in [5, 5.41) is 20.9. The van der Waals surface area contributed by atoms with Crippen LogP contribution < -0.4 is 25.5 Å². The molecule has 4 rings (SSSR count). The van der Waals surface area contributed by atoms with E-state index in [-0.39, 0.29) is 12.2 Å². The normalized spacial score (nSPS) is 16.2. The third kappa shape index (κ3) is 5.73. The topological polar surface area (TPSA) is 135 Å². The van der Waals surface area contributed by atoms with E-state index in [9.17, 15) is 14.7 Å². The number of aryl methyl sites for hydroxylation is 1. The van der Waals surface area contributed by atoms with Crippen LogP contribution in [-0.4, -0.2) is 54.4 Å². The summed E-state index contributed by atoms with van der Waals surface area (Å²) in [6.45, 7) is 3.71. The molecule has 2 atom stereocenters. The number of hydrogen-bond donors (Lipinski definition) is 4. The number of rotatable bonds is 10. The molecule has 0 bridgehead atoms. The van der Waals surface area contributed by atoms with Gasteiger partial charge in [-0.3, -0.25) is 5.43 Å². The molecule has 2 heterocycles. The van der Waals surface area contributed by atoms with Crippen molar-refractivity contribution in [2.24, 2.45) is 12.1 Å². The number of hydrogen-bond acceptors (Lipinski definition) is 8. The molecule has 2 amide bonds. The summed E-state index contributed by atoms with van der Waals surface area (Å²) in [6, 6.07) is 11.9. The maximum Gasteiger partial charge on any atom is 0.337 e. The molecule has 1 aliphatic rings. The van der Waals surface area contributed by atoms with Crippen molar-refractivity contribution in [2.75, 3.05) is 20.3 Å². The number of urea groups is 1. The molecule has 0 saturated carbocycles. The molecular formula is C27H31N5O6. The molecule has 0 unspecified atom stereocenters. The highest BCUT2D eigenvalue weighted by Crippen LogP contribution is 2.35. The van der Waals surface area contributed by atoms with E-state index in [0.717, 1.165) is 16.5 Å². The molecule has 1 aliphatic heterocycles. The molecule has 0 radical (unpaired) electrons. The summed E-state index contributed by atoms with van der Waals surface area (Å²) < 4.78 is 18.4. The number of benzene rings is 2. The first-order valence-electron chi connectivity index (χ1n) is 12.1. The molecule has 38 heavy (non-hydrogen) atoms. The maximum absolute atomic E-state index is 12.4. The number of ether oxygens (including phenoxy) is 3. The molecule has 0 fully saturated rings. The highest BCUT2D eigenvalue weighted by atomic mass is 16.5. The Labute approximate surface area is 220 Å². The van der Waals surface area contributed by atoms with Gasteiger partial charge in [0.05, 0.1) is 31.5 Å². The standard InChI is InChI=1S/C27H31N5O6/c1-5-37-22-12-17(25-24(26(34)36-4)16(2)29-27(35)30-25)10-11-21(22)38-15-23(33)31-28-13-18-14-32(3)20-9-7-6-8-19(18)20/h6-14,23,25,31,33H,5,15H2,1-4H3,(H2,29,30,35)/b28-13+/t23-,25+/m0/s1. The number of aliphatic hydroxyl groups excluding tert-OH is 1. The van der Waals surface area contributed by atoms with Crippen molar-refractivity contribution >= 4 is 29.1 Å². The van der Waals surface area contributed by atoms with E-state index in [1.54, 1.807) is 31.3 Å². The number of nitrogens with one attached hydrogen (secondary N) is 3. The molecule has 3 aromatic rings. The fraction of sp³-hybridized carbons (Fsp3) is 0.296. The van der Waals surface area contributed by atoms with Crippen molar-refractivity contribution in [2.45, 2.75) is 26.1 Å². The zero-order valence-electron chi connectivity index (χ0n) is 21.6. The van der Waals surface area contributed by atoms with Crippen molar-refractivity contribution in [3.63, 3.8) is 0 Å². The molecule has 1 aromatic heterocycles. The van der Waals surface area contributed by atoms with Crippen molar-refractivity contribution in [3.8, 4) is 11.5 Å². The Morgan fingerprint density at radius 1 is 1.24 bits per heavy atom. The number of allylic oxidation sites excluding steroid dienone is 1. The van der Waals surface area contributed by atoms with E-state index in [2.05, 4.69) is 21.2 Å². The van der Waals surface area contributed by atoms with Gasteiger partial charge in [-0.05, 0) is 37.6 Å². The second kappa shape index (κ2) is 11.7. The van der Waals surface area contributed by atoms with Gasteiger partial charge in [0, 0.05) is 35.4 Å². The van der Waals surface area contributed by atoms with Crippen LogP contribution in [0, 0.1) is 0 Å². The van der Waals surface area contributed by atoms with Gasteiger partial charge in [0.25, 0.3) is 0 Å². The Kier molecular flexibility index (Phi) is 8.17. The molecular weight excluding hydrogens is 490 g/mol. The van der Waals surface area contributed by atoms with Gasteiger partial charge in [0.2, 0.25) is 0 Å². The van der Waals surface area contributed by atoms with E-state index in [0.29, 0.717) is 29.4 Å². The number of para-hydroxylation sites is 1. The summed E-state index contributed by atoms with van der Waals surface area (Å²) >= 11 is 0. The van der Waals surface area contributed by atoms with Crippen LogP contribution in [0.5, 0.6) is 11.5 Å². The van der Waals surface area contributed by atoms with Gasteiger partial charge in [-0.2, -0.15) is 5.10 Å². The molecule has 11 heteroatoms. The third-order valence-corrected chi connectivity index (χ3v) is 6.03. The highest BCUT2D eigenvalue weighted by molar-refractivity contribution is 5.99. The van der Waals surface area contributed by atoms with E-state index in [1.807, 2.05) is 49.0 Å². The number of carbonyl (C=O) groups excluding carboxylic acids is 2. The maximum atomic E-state index is 12.4. The van der Waals surface area contributed by atoms with Gasteiger partial charge in [0.1, 0.15) is 6.61 Å². The molecule has 200 valence electrons. The van der Waals surface area contributed by atoms with Crippen LogP contribution in [0.2, 0.25) is 0 Å². The Bertz CT molecular complexity index is 1400. The fourth-order valence-corrected chi connectivity index (χ4v) is 4.29. The van der Waals surface area contributed by atoms with Crippen molar-refractivity contribution in [1.82, 2.24) is 20.6 Å². The fourth-order valence-electron chi connectivity index (χ4n) is 4.29.